The van der Waals surface area contributed by atoms with E-state index in [4.69, 9.17) is 5.73 Å². The van der Waals surface area contributed by atoms with Crippen LogP contribution in [0.3, 0.4) is 0 Å². The van der Waals surface area contributed by atoms with Gasteiger partial charge in [0.25, 0.3) is 0 Å². The fraction of sp³-hybridized carbons (Fsp3) is 0.462. The van der Waals surface area contributed by atoms with E-state index in [-0.39, 0.29) is 5.91 Å². The Kier molecular flexibility index (Phi) is 4.31. The van der Waals surface area contributed by atoms with Crippen molar-refractivity contribution in [3.05, 3.63) is 21.8 Å². The van der Waals surface area contributed by atoms with E-state index in [0.29, 0.717) is 0 Å². The van der Waals surface area contributed by atoms with E-state index in [9.17, 15) is 4.79 Å². The molecule has 1 fully saturated rings. The third-order valence-electron chi connectivity index (χ3n) is 3.27. The van der Waals surface area contributed by atoms with Crippen LogP contribution in [-0.4, -0.2) is 37.0 Å². The second-order valence-electron chi connectivity index (χ2n) is 4.55. The fourth-order valence-electron chi connectivity index (χ4n) is 2.29. The van der Waals surface area contributed by atoms with Crippen LogP contribution in [0.4, 0.5) is 11.4 Å². The molecule has 1 aliphatic rings. The Morgan fingerprint density at radius 2 is 2.06 bits per heavy atom. The largest absolute Gasteiger partial charge is 0.397 e. The molecule has 98 valence electrons. The number of hydrogen-bond acceptors (Lipinski definition) is 3. The number of halogens is 1. The van der Waals surface area contributed by atoms with Crippen LogP contribution < -0.4 is 10.6 Å². The summed E-state index contributed by atoms with van der Waals surface area (Å²) in [5, 5.41) is 0. The van der Waals surface area contributed by atoms with E-state index in [1.54, 1.807) is 6.92 Å². The summed E-state index contributed by atoms with van der Waals surface area (Å²) in [5.41, 5.74) is 7.97. The zero-order chi connectivity index (χ0) is 13.1. The molecule has 0 saturated carbocycles. The standard InChI is InChI=1S/C13H18IN3O/c1-10(18)16-5-2-6-17(8-7-16)13-4-3-11(14)9-12(13)15/h3-4,9H,2,5-8,15H2,1H3. The monoisotopic (exact) mass is 359 g/mol. The number of nitrogens with zero attached hydrogens (tertiary/aromatic N) is 2. The van der Waals surface area contributed by atoms with Crippen molar-refractivity contribution >= 4 is 39.9 Å². The lowest BCUT2D eigenvalue weighted by molar-refractivity contribution is -0.128. The van der Waals surface area contributed by atoms with Gasteiger partial charge in [-0.2, -0.15) is 0 Å². The third kappa shape index (κ3) is 3.07. The van der Waals surface area contributed by atoms with Gasteiger partial charge in [-0.3, -0.25) is 4.79 Å². The maximum Gasteiger partial charge on any atom is 0.219 e. The minimum absolute atomic E-state index is 0.160. The van der Waals surface area contributed by atoms with Gasteiger partial charge in [-0.25, -0.2) is 0 Å². The first-order chi connectivity index (χ1) is 8.58. The van der Waals surface area contributed by atoms with E-state index in [2.05, 4.69) is 39.6 Å². The summed E-state index contributed by atoms with van der Waals surface area (Å²) in [4.78, 5) is 15.6. The predicted molar refractivity (Wildman–Crippen MR) is 82.7 cm³/mol. The number of amides is 1. The summed E-state index contributed by atoms with van der Waals surface area (Å²) >= 11 is 2.26. The number of nitrogen functional groups attached to an aromatic ring is 1. The van der Waals surface area contributed by atoms with E-state index < -0.39 is 0 Å². The molecule has 0 aromatic heterocycles. The van der Waals surface area contributed by atoms with Gasteiger partial charge in [0.15, 0.2) is 0 Å². The molecule has 2 rings (SSSR count). The molecule has 1 aromatic carbocycles. The van der Waals surface area contributed by atoms with Crippen molar-refractivity contribution in [3.8, 4) is 0 Å². The smallest absolute Gasteiger partial charge is 0.219 e. The van der Waals surface area contributed by atoms with Crippen LogP contribution in [0.25, 0.3) is 0 Å². The molecule has 0 aliphatic carbocycles. The lowest BCUT2D eigenvalue weighted by Gasteiger charge is -2.24. The van der Waals surface area contributed by atoms with Gasteiger partial charge >= 0.3 is 0 Å². The van der Waals surface area contributed by atoms with Crippen LogP contribution >= 0.6 is 22.6 Å². The average molecular weight is 359 g/mol. The number of anilines is 2. The molecule has 0 unspecified atom stereocenters. The quantitative estimate of drug-likeness (QED) is 0.616. The first-order valence-electron chi connectivity index (χ1n) is 6.13. The Morgan fingerprint density at radius 1 is 1.28 bits per heavy atom. The minimum atomic E-state index is 0.160. The Morgan fingerprint density at radius 3 is 2.72 bits per heavy atom. The number of carbonyl (C=O) groups excluding carboxylic acids is 1. The first kappa shape index (κ1) is 13.5. The minimum Gasteiger partial charge on any atom is -0.397 e. The summed E-state index contributed by atoms with van der Waals surface area (Å²) in [7, 11) is 0. The van der Waals surface area contributed by atoms with Gasteiger partial charge in [-0.1, -0.05) is 0 Å². The highest BCUT2D eigenvalue weighted by Crippen LogP contribution is 2.26. The zero-order valence-electron chi connectivity index (χ0n) is 10.5. The number of rotatable bonds is 1. The summed E-state index contributed by atoms with van der Waals surface area (Å²) in [6.45, 7) is 5.06. The van der Waals surface area contributed by atoms with Crippen molar-refractivity contribution in [3.63, 3.8) is 0 Å². The number of hydrogen-bond donors (Lipinski definition) is 1. The molecule has 0 atom stereocenters. The van der Waals surface area contributed by atoms with Gasteiger partial charge in [-0.05, 0) is 47.2 Å². The average Bonchev–Trinajstić information content (AvgIpc) is 2.54. The normalized spacial score (nSPS) is 16.6. The molecule has 1 heterocycles. The molecule has 18 heavy (non-hydrogen) atoms. The highest BCUT2D eigenvalue weighted by Gasteiger charge is 2.17. The van der Waals surface area contributed by atoms with Gasteiger partial charge in [0, 0.05) is 36.7 Å². The number of carbonyl (C=O) groups is 1. The lowest BCUT2D eigenvalue weighted by Crippen LogP contribution is -2.33. The van der Waals surface area contributed by atoms with Gasteiger partial charge in [0.2, 0.25) is 5.91 Å². The number of benzene rings is 1. The second kappa shape index (κ2) is 5.77. The van der Waals surface area contributed by atoms with Crippen LogP contribution in [0, 0.1) is 3.57 Å². The van der Waals surface area contributed by atoms with Gasteiger partial charge < -0.3 is 15.5 Å². The van der Waals surface area contributed by atoms with E-state index in [0.717, 1.165) is 47.5 Å². The van der Waals surface area contributed by atoms with Crippen LogP contribution in [0.2, 0.25) is 0 Å². The molecule has 1 aliphatic heterocycles. The molecule has 0 spiro atoms. The van der Waals surface area contributed by atoms with Crippen molar-refractivity contribution in [1.29, 1.82) is 0 Å². The lowest BCUT2D eigenvalue weighted by atomic mass is 10.2. The highest BCUT2D eigenvalue weighted by molar-refractivity contribution is 14.1. The van der Waals surface area contributed by atoms with Crippen molar-refractivity contribution in [2.45, 2.75) is 13.3 Å². The Hall–Kier alpha value is -0.980. The van der Waals surface area contributed by atoms with E-state index in [1.165, 1.54) is 0 Å². The number of nitrogens with two attached hydrogens (primary N) is 1. The van der Waals surface area contributed by atoms with Crippen LogP contribution in [-0.2, 0) is 4.79 Å². The Balaban J connectivity index is 2.12. The van der Waals surface area contributed by atoms with Gasteiger partial charge in [0.05, 0.1) is 11.4 Å². The molecule has 1 amide bonds. The van der Waals surface area contributed by atoms with Crippen LogP contribution in [0.5, 0.6) is 0 Å². The van der Waals surface area contributed by atoms with Crippen molar-refractivity contribution in [2.24, 2.45) is 0 Å². The maximum absolute atomic E-state index is 11.4. The molecule has 0 radical (unpaired) electrons. The Bertz CT molecular complexity index is 450. The van der Waals surface area contributed by atoms with Gasteiger partial charge in [-0.15, -0.1) is 0 Å². The molecule has 1 saturated heterocycles. The summed E-state index contributed by atoms with van der Waals surface area (Å²) in [6.07, 6.45) is 0.991. The van der Waals surface area contributed by atoms with Crippen molar-refractivity contribution < 1.29 is 4.79 Å². The molecule has 4 nitrogen and oxygen atoms in total. The highest BCUT2D eigenvalue weighted by atomic mass is 127. The first-order valence-corrected chi connectivity index (χ1v) is 7.21. The van der Waals surface area contributed by atoms with Crippen LogP contribution in [0.1, 0.15) is 13.3 Å². The molecule has 2 N–H and O–H groups in total. The Labute approximate surface area is 121 Å². The fourth-order valence-corrected chi connectivity index (χ4v) is 2.80. The molecular formula is C13H18IN3O. The predicted octanol–water partition coefficient (Wildman–Crippen LogP) is 1.93. The van der Waals surface area contributed by atoms with Gasteiger partial charge in [0.1, 0.15) is 0 Å². The maximum atomic E-state index is 11.4. The zero-order valence-corrected chi connectivity index (χ0v) is 12.7. The van der Waals surface area contributed by atoms with E-state index >= 15 is 0 Å². The third-order valence-corrected chi connectivity index (χ3v) is 3.94. The topological polar surface area (TPSA) is 49.6 Å². The summed E-state index contributed by atoms with van der Waals surface area (Å²) in [6, 6.07) is 6.13. The molecular weight excluding hydrogens is 341 g/mol. The summed E-state index contributed by atoms with van der Waals surface area (Å²) in [5.74, 6) is 0.160. The van der Waals surface area contributed by atoms with Crippen molar-refractivity contribution in [2.75, 3.05) is 36.8 Å². The van der Waals surface area contributed by atoms with E-state index in [1.807, 2.05) is 11.0 Å². The molecule has 5 heteroatoms. The van der Waals surface area contributed by atoms with Crippen molar-refractivity contribution in [1.82, 2.24) is 4.90 Å². The van der Waals surface area contributed by atoms with Crippen LogP contribution in [0.15, 0.2) is 18.2 Å². The summed E-state index contributed by atoms with van der Waals surface area (Å²) < 4.78 is 1.15. The second-order valence-corrected chi connectivity index (χ2v) is 5.80. The molecule has 0 bridgehead atoms. The SMILES string of the molecule is CC(=O)N1CCCN(c2ccc(I)cc2N)CC1. The molecule has 1 aromatic rings.